The predicted octanol–water partition coefficient (Wildman–Crippen LogP) is 3.82. The molecule has 0 fully saturated rings. The Labute approximate surface area is 160 Å². The van der Waals surface area contributed by atoms with E-state index in [1.807, 2.05) is 0 Å². The summed E-state index contributed by atoms with van der Waals surface area (Å²) in [7, 11) is -1.14. The number of fused-ring (bicyclic) bond motifs is 1. The highest BCUT2D eigenvalue weighted by Gasteiger charge is 2.29. The van der Waals surface area contributed by atoms with E-state index in [1.165, 1.54) is 10.7 Å². The lowest BCUT2D eigenvalue weighted by molar-refractivity contribution is 0.101. The zero-order valence-corrected chi connectivity index (χ0v) is 15.3. The van der Waals surface area contributed by atoms with Crippen molar-refractivity contribution in [3.05, 3.63) is 75.9 Å². The minimum Gasteiger partial charge on any atom is -0.306 e. The van der Waals surface area contributed by atoms with Crippen LogP contribution in [0.3, 0.4) is 0 Å². The fourth-order valence-corrected chi connectivity index (χ4v) is 4.38. The van der Waals surface area contributed by atoms with Gasteiger partial charge in [0.2, 0.25) is 0 Å². The van der Waals surface area contributed by atoms with Gasteiger partial charge in [0.05, 0.1) is 22.9 Å². The predicted molar refractivity (Wildman–Crippen MR) is 98.4 cm³/mol. The van der Waals surface area contributed by atoms with Gasteiger partial charge in [-0.1, -0.05) is 23.7 Å². The Morgan fingerprint density at radius 1 is 1.15 bits per heavy atom. The quantitative estimate of drug-likeness (QED) is 0.718. The number of halogens is 3. The topological polar surface area (TPSA) is 64.0 Å². The largest absolute Gasteiger partial charge is 0.306 e. The standard InChI is InChI=1S/C18H12ClF2N3O2S/c19-10-3-1-4-11(7-10)24-17(12-8-27(26)9-15(12)23-24)22-18(25)16-13(20)5-2-6-14(16)21/h1-7H,8-9H2,(H,22,25)/t27-/m0/s1. The molecule has 0 aliphatic carbocycles. The van der Waals surface area contributed by atoms with Gasteiger partial charge in [-0.2, -0.15) is 5.10 Å². The molecule has 9 heteroatoms. The monoisotopic (exact) mass is 407 g/mol. The average molecular weight is 408 g/mol. The molecule has 5 nitrogen and oxygen atoms in total. The summed E-state index contributed by atoms with van der Waals surface area (Å²) in [6.07, 6.45) is 0. The molecule has 2 heterocycles. The fourth-order valence-electron chi connectivity index (χ4n) is 2.94. The maximum absolute atomic E-state index is 14.0. The van der Waals surface area contributed by atoms with Gasteiger partial charge in [-0.05, 0) is 30.3 Å². The second-order valence-corrected chi connectivity index (χ2v) is 7.84. The average Bonchev–Trinajstić information content (AvgIpc) is 3.12. The van der Waals surface area contributed by atoms with Crippen molar-refractivity contribution >= 4 is 34.1 Å². The first-order valence-corrected chi connectivity index (χ1v) is 9.77. The van der Waals surface area contributed by atoms with Gasteiger partial charge in [-0.3, -0.25) is 9.00 Å². The van der Waals surface area contributed by atoms with Gasteiger partial charge in [-0.15, -0.1) is 0 Å². The van der Waals surface area contributed by atoms with Crippen molar-refractivity contribution in [1.82, 2.24) is 9.78 Å². The van der Waals surface area contributed by atoms with Crippen molar-refractivity contribution in [1.29, 1.82) is 0 Å². The van der Waals surface area contributed by atoms with Crippen molar-refractivity contribution in [2.45, 2.75) is 11.5 Å². The first-order valence-electron chi connectivity index (χ1n) is 7.91. The van der Waals surface area contributed by atoms with Crippen LogP contribution in [-0.4, -0.2) is 19.9 Å². The molecule has 138 valence electrons. The highest BCUT2D eigenvalue weighted by atomic mass is 35.5. The number of hydrogen-bond acceptors (Lipinski definition) is 3. The molecule has 4 rings (SSSR count). The number of aromatic nitrogens is 2. The van der Waals surface area contributed by atoms with Crippen LogP contribution >= 0.6 is 11.6 Å². The van der Waals surface area contributed by atoms with Crippen LogP contribution in [0, 0.1) is 11.6 Å². The van der Waals surface area contributed by atoms with Crippen molar-refractivity contribution in [3.8, 4) is 5.69 Å². The van der Waals surface area contributed by atoms with E-state index in [-0.39, 0.29) is 17.3 Å². The van der Waals surface area contributed by atoms with E-state index < -0.39 is 33.9 Å². The Balaban J connectivity index is 1.80. The third-order valence-electron chi connectivity index (χ3n) is 4.14. The normalized spacial score (nSPS) is 15.6. The molecule has 0 spiro atoms. The first-order chi connectivity index (χ1) is 12.9. The van der Waals surface area contributed by atoms with Crippen molar-refractivity contribution in [2.24, 2.45) is 0 Å². The van der Waals surface area contributed by atoms with Crippen LogP contribution in [-0.2, 0) is 22.3 Å². The summed E-state index contributed by atoms with van der Waals surface area (Å²) in [5.41, 5.74) is 1.02. The minimum atomic E-state index is -1.14. The molecule has 27 heavy (non-hydrogen) atoms. The number of benzene rings is 2. The molecule has 0 radical (unpaired) electrons. The summed E-state index contributed by atoms with van der Waals surface area (Å²) in [6.45, 7) is 0. The van der Waals surface area contributed by atoms with E-state index in [1.54, 1.807) is 24.3 Å². The Hall–Kier alpha value is -2.58. The second-order valence-electron chi connectivity index (χ2n) is 5.94. The summed E-state index contributed by atoms with van der Waals surface area (Å²) in [6, 6.07) is 9.95. The molecule has 1 atom stereocenters. The van der Waals surface area contributed by atoms with Gasteiger partial charge in [0.15, 0.2) is 0 Å². The molecule has 0 unspecified atom stereocenters. The Bertz CT molecular complexity index is 1080. The molecule has 0 bridgehead atoms. The third-order valence-corrected chi connectivity index (χ3v) is 5.59. The summed E-state index contributed by atoms with van der Waals surface area (Å²) in [4.78, 5) is 12.6. The van der Waals surface area contributed by atoms with Gasteiger partial charge in [0, 0.05) is 21.4 Å². The van der Waals surface area contributed by atoms with E-state index in [9.17, 15) is 17.8 Å². The first kappa shape index (κ1) is 17.8. The molecule has 3 aromatic rings. The Kier molecular flexibility index (Phi) is 4.53. The zero-order valence-electron chi connectivity index (χ0n) is 13.7. The van der Waals surface area contributed by atoms with Gasteiger partial charge in [0.1, 0.15) is 23.0 Å². The lowest BCUT2D eigenvalue weighted by Gasteiger charge is -2.12. The number of nitrogens with one attached hydrogen (secondary N) is 1. The summed E-state index contributed by atoms with van der Waals surface area (Å²) >= 11 is 6.03. The van der Waals surface area contributed by atoms with E-state index in [2.05, 4.69) is 10.4 Å². The number of rotatable bonds is 3. The molecule has 1 aliphatic heterocycles. The van der Waals surface area contributed by atoms with Crippen molar-refractivity contribution in [3.63, 3.8) is 0 Å². The van der Waals surface area contributed by atoms with Crippen molar-refractivity contribution in [2.75, 3.05) is 5.32 Å². The molecule has 2 aromatic carbocycles. The highest BCUT2D eigenvalue weighted by molar-refractivity contribution is 7.83. The zero-order chi connectivity index (χ0) is 19.1. The summed E-state index contributed by atoms with van der Waals surface area (Å²) in [5, 5.41) is 7.40. The number of carbonyl (C=O) groups excluding carboxylic acids is 1. The van der Waals surface area contributed by atoms with Crippen LogP contribution in [0.4, 0.5) is 14.6 Å². The third kappa shape index (κ3) is 3.26. The van der Waals surface area contributed by atoms with Gasteiger partial charge < -0.3 is 5.32 Å². The maximum Gasteiger partial charge on any atom is 0.262 e. The number of hydrogen-bond donors (Lipinski definition) is 1. The molecular formula is C18H12ClF2N3O2S. The van der Waals surface area contributed by atoms with Gasteiger partial charge in [0.25, 0.3) is 5.91 Å². The lowest BCUT2D eigenvalue weighted by Crippen LogP contribution is -2.19. The summed E-state index contributed by atoms with van der Waals surface area (Å²) < 4.78 is 41.2. The van der Waals surface area contributed by atoms with Crippen LogP contribution in [0.15, 0.2) is 42.5 Å². The van der Waals surface area contributed by atoms with Gasteiger partial charge >= 0.3 is 0 Å². The van der Waals surface area contributed by atoms with E-state index in [0.29, 0.717) is 22.0 Å². The van der Waals surface area contributed by atoms with Crippen LogP contribution in [0.25, 0.3) is 5.69 Å². The number of anilines is 1. The smallest absolute Gasteiger partial charge is 0.262 e. The lowest BCUT2D eigenvalue weighted by atomic mass is 10.1. The van der Waals surface area contributed by atoms with Crippen LogP contribution in [0.1, 0.15) is 21.6 Å². The van der Waals surface area contributed by atoms with E-state index >= 15 is 0 Å². The number of amides is 1. The molecule has 0 saturated carbocycles. The highest BCUT2D eigenvalue weighted by Crippen LogP contribution is 2.32. The van der Waals surface area contributed by atoms with Crippen LogP contribution < -0.4 is 5.32 Å². The number of carbonyl (C=O) groups is 1. The molecular weight excluding hydrogens is 396 g/mol. The van der Waals surface area contributed by atoms with E-state index in [4.69, 9.17) is 11.6 Å². The van der Waals surface area contributed by atoms with E-state index in [0.717, 1.165) is 12.1 Å². The van der Waals surface area contributed by atoms with Crippen molar-refractivity contribution < 1.29 is 17.8 Å². The molecule has 1 aromatic heterocycles. The number of nitrogens with zero attached hydrogens (tertiary/aromatic N) is 2. The minimum absolute atomic E-state index is 0.200. The fraction of sp³-hybridized carbons (Fsp3) is 0.111. The van der Waals surface area contributed by atoms with Crippen LogP contribution in [0.2, 0.25) is 5.02 Å². The SMILES string of the molecule is O=C(Nc1c2c(nn1-c1cccc(Cl)c1)C[S@@](=O)C2)c1c(F)cccc1F. The molecule has 1 aliphatic rings. The summed E-state index contributed by atoms with van der Waals surface area (Å²) in [5.74, 6) is -2.21. The second kappa shape index (κ2) is 6.86. The van der Waals surface area contributed by atoms with Crippen LogP contribution in [0.5, 0.6) is 0 Å². The Morgan fingerprint density at radius 3 is 2.56 bits per heavy atom. The Morgan fingerprint density at radius 2 is 1.85 bits per heavy atom. The maximum atomic E-state index is 14.0. The molecule has 1 amide bonds. The molecule has 1 N–H and O–H groups in total. The molecule has 0 saturated heterocycles. The van der Waals surface area contributed by atoms with Gasteiger partial charge in [-0.25, -0.2) is 13.5 Å².